The van der Waals surface area contributed by atoms with Crippen molar-refractivity contribution >= 4 is 39.5 Å². The highest BCUT2D eigenvalue weighted by atomic mass is 31.2. The Kier molecular flexibility index (Phi) is 68.8. The van der Waals surface area contributed by atoms with Gasteiger partial charge in [0.25, 0.3) is 0 Å². The molecule has 0 aliphatic carbocycles. The van der Waals surface area contributed by atoms with Crippen LogP contribution in [0.4, 0.5) is 0 Å². The van der Waals surface area contributed by atoms with Crippen LogP contribution in [-0.2, 0) is 65.4 Å². The molecule has 5 unspecified atom stereocenters. The number of aliphatic hydroxyl groups excluding tert-OH is 1. The van der Waals surface area contributed by atoms with Crippen LogP contribution in [-0.4, -0.2) is 96.7 Å². The highest BCUT2D eigenvalue weighted by Crippen LogP contribution is 2.45. The number of phosphoric acid groups is 2. The number of aliphatic hydroxyl groups is 1. The molecule has 0 spiro atoms. The molecule has 5 atom stereocenters. The Bertz CT molecular complexity index is 2700. The fraction of sp³-hybridized carbons (Fsp3) is 0.566. The molecule has 19 heteroatoms. The van der Waals surface area contributed by atoms with Crippen molar-refractivity contribution in [3.05, 3.63) is 194 Å². The molecule has 0 fully saturated rings. The third-order valence-electron chi connectivity index (χ3n) is 14.6. The summed E-state index contributed by atoms with van der Waals surface area (Å²) in [6.07, 6.45) is 89.2. The second kappa shape index (κ2) is 73.2. The molecule has 0 aromatic heterocycles. The van der Waals surface area contributed by atoms with Crippen molar-refractivity contribution in [2.24, 2.45) is 0 Å². The summed E-state index contributed by atoms with van der Waals surface area (Å²) < 4.78 is 68.2. The van der Waals surface area contributed by atoms with Crippen LogP contribution in [0.1, 0.15) is 246 Å². The zero-order valence-electron chi connectivity index (χ0n) is 62.4. The summed E-state index contributed by atoms with van der Waals surface area (Å²) >= 11 is 0. The molecule has 0 radical (unpaired) electrons. The molecule has 3 N–H and O–H groups in total. The highest BCUT2D eigenvalue weighted by molar-refractivity contribution is 7.47. The molecule has 0 aromatic carbocycles. The van der Waals surface area contributed by atoms with Crippen molar-refractivity contribution in [1.29, 1.82) is 0 Å². The highest BCUT2D eigenvalue weighted by Gasteiger charge is 2.30. The van der Waals surface area contributed by atoms with E-state index in [9.17, 15) is 43.2 Å². The lowest BCUT2D eigenvalue weighted by Crippen LogP contribution is -2.30. The van der Waals surface area contributed by atoms with Crippen LogP contribution in [0.2, 0.25) is 0 Å². The molecular weight excluding hydrogens is 1330 g/mol. The molecular formula is C83H130O17P2. The lowest BCUT2D eigenvalue weighted by atomic mass is 10.1. The lowest BCUT2D eigenvalue weighted by Gasteiger charge is -2.21. The third kappa shape index (κ3) is 72.3. The summed E-state index contributed by atoms with van der Waals surface area (Å²) in [7, 11) is -10.0. The van der Waals surface area contributed by atoms with Gasteiger partial charge in [-0.3, -0.25) is 37.3 Å². The van der Waals surface area contributed by atoms with Gasteiger partial charge in [0.05, 0.1) is 39.3 Å². The fourth-order valence-corrected chi connectivity index (χ4v) is 10.6. The monoisotopic (exact) mass is 1460 g/mol. The van der Waals surface area contributed by atoms with Crippen LogP contribution in [0.3, 0.4) is 0 Å². The second-order valence-electron chi connectivity index (χ2n) is 24.1. The van der Waals surface area contributed by atoms with Gasteiger partial charge >= 0.3 is 39.5 Å². The maximum atomic E-state index is 13.1. The number of esters is 4. The summed E-state index contributed by atoms with van der Waals surface area (Å²) in [5.41, 5.74) is 0. The van der Waals surface area contributed by atoms with E-state index in [-0.39, 0.29) is 25.7 Å². The average Bonchev–Trinajstić information content (AvgIpc) is 0.926. The number of phosphoric ester groups is 2. The van der Waals surface area contributed by atoms with E-state index in [2.05, 4.69) is 174 Å². The SMILES string of the molecule is CC/C=C\C/C=C\C/C=C\C/C=C\C/C=C\CC(=O)OCC(COP(=O)(O)OCC(O)COP(=O)(O)OCC(COC(=O)CCCCCC/C=C\C/C=C\C/C=C\C/C=C\CC)OC(=O)CCCCCCC/C=C\C/C=C\CCCCC)OC(=O)C/C=C\C/C=C\C/C=C\C/C=C\C/C=C\CC. The van der Waals surface area contributed by atoms with E-state index < -0.39 is 97.5 Å². The van der Waals surface area contributed by atoms with Gasteiger partial charge in [0.15, 0.2) is 12.2 Å². The van der Waals surface area contributed by atoms with Gasteiger partial charge in [-0.1, -0.05) is 267 Å². The minimum absolute atomic E-state index is 0.0608. The van der Waals surface area contributed by atoms with Crippen LogP contribution in [0.5, 0.6) is 0 Å². The van der Waals surface area contributed by atoms with Gasteiger partial charge in [0.2, 0.25) is 0 Å². The number of hydrogen-bond acceptors (Lipinski definition) is 15. The summed E-state index contributed by atoms with van der Waals surface area (Å²) in [5, 5.41) is 10.6. The molecule has 0 rings (SSSR count). The van der Waals surface area contributed by atoms with Crippen LogP contribution >= 0.6 is 15.6 Å². The molecule has 0 saturated heterocycles. The van der Waals surface area contributed by atoms with Gasteiger partial charge in [0, 0.05) is 12.8 Å². The Morgan fingerprint density at radius 2 is 0.559 bits per heavy atom. The Hall–Kier alpha value is -6.10. The first kappa shape index (κ1) is 95.9. The largest absolute Gasteiger partial charge is 0.472 e. The Morgan fingerprint density at radius 3 is 0.912 bits per heavy atom. The first-order valence-electron chi connectivity index (χ1n) is 37.7. The fourth-order valence-electron chi connectivity index (χ4n) is 8.98. The molecule has 0 aromatic rings. The van der Waals surface area contributed by atoms with Crippen LogP contribution < -0.4 is 0 Å². The number of ether oxygens (including phenoxy) is 4. The number of rotatable bonds is 68. The van der Waals surface area contributed by atoms with Gasteiger partial charge < -0.3 is 33.8 Å². The maximum Gasteiger partial charge on any atom is 0.472 e. The van der Waals surface area contributed by atoms with Crippen molar-refractivity contribution in [2.45, 2.75) is 264 Å². The average molecular weight is 1460 g/mol. The molecule has 0 amide bonds. The molecule has 102 heavy (non-hydrogen) atoms. The standard InChI is InChI=1S/C83H130O17P2/c1-5-9-13-17-21-25-29-33-37-38-42-44-48-52-56-60-64-68-81(86)94-74-79(100-83(88)70-66-62-58-54-50-46-41-36-32-28-24-20-16-12-8-4)76-98-102(91,92)96-72-77(84)71-95-101(89,90)97-75-78(99-82(87)69-65-61-57-53-49-45-40-35-31-27-23-19-15-11-7-3)73-93-80(85)67-63-59-55-51-47-43-39-34-30-26-22-18-14-10-6-2/h9-11,13-15,21-28,33-37,39-42,44,47,49,51,53,59,61,63,65,77-79,84H,5-8,12,16-20,29-32,38,43,45-46,48,50,52,54-58,60,62,64,66-76H2,1-4H3,(H,89,90)(H,91,92)/b13-9-,14-10-,15-11-,25-21-,26-22-,27-23-,28-24-,37-33-,39-34-,40-35-,41-36-,44-42-,51-47-,53-49-,63-59-,65-61-. The van der Waals surface area contributed by atoms with Gasteiger partial charge in [-0.05, 0) is 148 Å². The smallest absolute Gasteiger partial charge is 0.462 e. The quantitative estimate of drug-likeness (QED) is 0.0169. The zero-order chi connectivity index (χ0) is 74.6. The van der Waals surface area contributed by atoms with Gasteiger partial charge in [-0.2, -0.15) is 0 Å². The summed E-state index contributed by atoms with van der Waals surface area (Å²) in [4.78, 5) is 72.7. The van der Waals surface area contributed by atoms with Crippen molar-refractivity contribution in [2.75, 3.05) is 39.6 Å². The minimum Gasteiger partial charge on any atom is -0.462 e. The summed E-state index contributed by atoms with van der Waals surface area (Å²) in [6, 6.07) is 0. The number of carbonyl (C=O) groups excluding carboxylic acids is 4. The van der Waals surface area contributed by atoms with Gasteiger partial charge in [-0.25, -0.2) is 9.13 Å². The Labute approximate surface area is 615 Å². The third-order valence-corrected chi connectivity index (χ3v) is 16.5. The van der Waals surface area contributed by atoms with Crippen molar-refractivity contribution in [3.63, 3.8) is 0 Å². The lowest BCUT2D eigenvalue weighted by molar-refractivity contribution is -0.161. The summed E-state index contributed by atoms with van der Waals surface area (Å²) in [5.74, 6) is -2.54. The van der Waals surface area contributed by atoms with Crippen molar-refractivity contribution < 1.29 is 80.2 Å². The van der Waals surface area contributed by atoms with E-state index in [0.717, 1.165) is 148 Å². The van der Waals surface area contributed by atoms with E-state index in [4.69, 9.17) is 37.0 Å². The normalized spacial score (nSPS) is 15.0. The number of hydrogen-bond donors (Lipinski definition) is 3. The number of allylic oxidation sites excluding steroid dienone is 30. The topological polar surface area (TPSA) is 237 Å². The molecule has 0 heterocycles. The predicted octanol–water partition coefficient (Wildman–Crippen LogP) is 21.8. The zero-order valence-corrected chi connectivity index (χ0v) is 64.2. The molecule has 0 bridgehead atoms. The van der Waals surface area contributed by atoms with E-state index in [1.54, 1.807) is 24.3 Å². The molecule has 0 aliphatic heterocycles. The van der Waals surface area contributed by atoms with Gasteiger partial charge in [0.1, 0.15) is 19.3 Å². The van der Waals surface area contributed by atoms with E-state index >= 15 is 0 Å². The molecule has 0 aliphatic rings. The van der Waals surface area contributed by atoms with Crippen LogP contribution in [0.25, 0.3) is 0 Å². The Balaban J connectivity index is 5.55. The van der Waals surface area contributed by atoms with E-state index in [0.29, 0.717) is 25.7 Å². The maximum absolute atomic E-state index is 13.1. The van der Waals surface area contributed by atoms with Gasteiger partial charge in [-0.15, -0.1) is 0 Å². The van der Waals surface area contributed by atoms with Crippen LogP contribution in [0.15, 0.2) is 194 Å². The van der Waals surface area contributed by atoms with Crippen molar-refractivity contribution in [3.8, 4) is 0 Å². The molecule has 0 saturated carbocycles. The Morgan fingerprint density at radius 1 is 0.294 bits per heavy atom. The first-order valence-corrected chi connectivity index (χ1v) is 40.7. The van der Waals surface area contributed by atoms with E-state index in [1.165, 1.54) is 19.3 Å². The second-order valence-corrected chi connectivity index (χ2v) is 27.0. The molecule has 574 valence electrons. The van der Waals surface area contributed by atoms with Crippen molar-refractivity contribution in [1.82, 2.24) is 0 Å². The number of carbonyl (C=O) groups is 4. The molecule has 17 nitrogen and oxygen atoms in total. The first-order chi connectivity index (χ1) is 49.7. The predicted molar refractivity (Wildman–Crippen MR) is 417 cm³/mol. The summed E-state index contributed by atoms with van der Waals surface area (Å²) in [6.45, 7) is 4.18. The minimum atomic E-state index is -5.03. The number of unbranched alkanes of at least 4 members (excludes halogenated alkanes) is 12. The van der Waals surface area contributed by atoms with E-state index in [1.807, 2.05) is 24.3 Å². The van der Waals surface area contributed by atoms with Crippen LogP contribution in [0, 0.1) is 0 Å².